The van der Waals surface area contributed by atoms with Gasteiger partial charge in [-0.3, -0.25) is 9.69 Å². The highest BCUT2D eigenvalue weighted by atomic mass is 16.2. The predicted octanol–water partition coefficient (Wildman–Crippen LogP) is 0.196. The van der Waals surface area contributed by atoms with E-state index < -0.39 is 0 Å². The Kier molecular flexibility index (Phi) is 4.18. The van der Waals surface area contributed by atoms with E-state index in [0.717, 1.165) is 38.5 Å². The van der Waals surface area contributed by atoms with Crippen LogP contribution in [0.15, 0.2) is 0 Å². The fraction of sp³-hybridized carbons (Fsp3) is 0.917. The number of carbonyl (C=O) groups is 1. The molecular formula is C12H23N3O. The molecule has 0 aromatic heterocycles. The second-order valence-electron chi connectivity index (χ2n) is 5.17. The third-order valence-electron chi connectivity index (χ3n) is 3.37. The highest BCUT2D eigenvalue weighted by Gasteiger charge is 2.24. The quantitative estimate of drug-likeness (QED) is 0.702. The summed E-state index contributed by atoms with van der Waals surface area (Å²) in [5, 5.41) is 6.39. The number of nitrogens with one attached hydrogen (secondary N) is 2. The van der Waals surface area contributed by atoms with Crippen LogP contribution in [0.1, 0.15) is 26.2 Å². The summed E-state index contributed by atoms with van der Waals surface area (Å²) in [7, 11) is 0. The van der Waals surface area contributed by atoms with Crippen molar-refractivity contribution in [3.63, 3.8) is 0 Å². The minimum atomic E-state index is 0.190. The largest absolute Gasteiger partial charge is 0.353 e. The van der Waals surface area contributed by atoms with Gasteiger partial charge in [0.05, 0.1) is 6.54 Å². The van der Waals surface area contributed by atoms with Gasteiger partial charge in [0.1, 0.15) is 0 Å². The van der Waals surface area contributed by atoms with Crippen molar-refractivity contribution in [1.82, 2.24) is 15.5 Å². The Morgan fingerprint density at radius 2 is 2.12 bits per heavy atom. The number of piperazine rings is 1. The van der Waals surface area contributed by atoms with Gasteiger partial charge < -0.3 is 10.6 Å². The molecule has 2 N–H and O–H groups in total. The number of hydrogen-bond acceptors (Lipinski definition) is 3. The van der Waals surface area contributed by atoms with Crippen LogP contribution in [0.25, 0.3) is 0 Å². The number of carbonyl (C=O) groups excluding carboxylic acids is 1. The van der Waals surface area contributed by atoms with Gasteiger partial charge in [-0.2, -0.15) is 0 Å². The van der Waals surface area contributed by atoms with Crippen molar-refractivity contribution in [2.75, 3.05) is 32.7 Å². The maximum atomic E-state index is 11.8. The molecule has 2 rings (SSSR count). The molecule has 1 amide bonds. The van der Waals surface area contributed by atoms with E-state index in [0.29, 0.717) is 12.6 Å². The normalized spacial score (nSPS) is 24.1. The van der Waals surface area contributed by atoms with Crippen LogP contribution in [0.3, 0.4) is 0 Å². The Morgan fingerprint density at radius 1 is 1.44 bits per heavy atom. The number of rotatable bonds is 5. The Labute approximate surface area is 97.8 Å². The standard InChI is InChI=1S/C12H23N3O/c1-10(8-11-2-3-11)14-12(16)9-15-6-4-13-5-7-15/h10-11,13H,2-9H2,1H3,(H,14,16). The van der Waals surface area contributed by atoms with Crippen LogP contribution in [0.4, 0.5) is 0 Å². The molecule has 0 radical (unpaired) electrons. The van der Waals surface area contributed by atoms with Gasteiger partial charge in [-0.05, 0) is 19.3 Å². The van der Waals surface area contributed by atoms with Gasteiger partial charge >= 0.3 is 0 Å². The molecular weight excluding hydrogens is 202 g/mol. The summed E-state index contributed by atoms with van der Waals surface area (Å²) in [6, 6.07) is 0.350. The van der Waals surface area contributed by atoms with Gasteiger partial charge in [0, 0.05) is 32.2 Å². The van der Waals surface area contributed by atoms with E-state index in [2.05, 4.69) is 22.5 Å². The first-order chi connectivity index (χ1) is 7.74. The summed E-state index contributed by atoms with van der Waals surface area (Å²) >= 11 is 0. The maximum Gasteiger partial charge on any atom is 0.234 e. The molecule has 1 aliphatic heterocycles. The first-order valence-corrected chi connectivity index (χ1v) is 6.46. The van der Waals surface area contributed by atoms with Gasteiger partial charge in [0.15, 0.2) is 0 Å². The average molecular weight is 225 g/mol. The van der Waals surface area contributed by atoms with E-state index in [1.807, 2.05) is 0 Å². The van der Waals surface area contributed by atoms with Crippen LogP contribution in [0, 0.1) is 5.92 Å². The Morgan fingerprint density at radius 3 is 2.75 bits per heavy atom. The zero-order valence-electron chi connectivity index (χ0n) is 10.2. The van der Waals surface area contributed by atoms with Gasteiger partial charge in [-0.15, -0.1) is 0 Å². The van der Waals surface area contributed by atoms with Crippen molar-refractivity contribution >= 4 is 5.91 Å². The highest BCUT2D eigenvalue weighted by Crippen LogP contribution is 2.33. The first kappa shape index (κ1) is 11.9. The summed E-state index contributed by atoms with van der Waals surface area (Å²) in [5.41, 5.74) is 0. The van der Waals surface area contributed by atoms with Gasteiger partial charge in [0.25, 0.3) is 0 Å². The fourth-order valence-corrected chi connectivity index (χ4v) is 2.31. The van der Waals surface area contributed by atoms with E-state index in [-0.39, 0.29) is 5.91 Å². The Balaban J connectivity index is 1.62. The monoisotopic (exact) mass is 225 g/mol. The van der Waals surface area contributed by atoms with E-state index in [1.165, 1.54) is 12.8 Å². The van der Waals surface area contributed by atoms with Crippen LogP contribution in [-0.2, 0) is 4.79 Å². The van der Waals surface area contributed by atoms with Crippen molar-refractivity contribution < 1.29 is 4.79 Å². The molecule has 1 saturated heterocycles. The third-order valence-corrected chi connectivity index (χ3v) is 3.37. The zero-order valence-corrected chi connectivity index (χ0v) is 10.2. The average Bonchev–Trinajstić information content (AvgIpc) is 3.02. The lowest BCUT2D eigenvalue weighted by Gasteiger charge is -2.27. The van der Waals surface area contributed by atoms with Gasteiger partial charge in [0.2, 0.25) is 5.91 Å². The lowest BCUT2D eigenvalue weighted by atomic mass is 10.1. The molecule has 1 unspecified atom stereocenters. The zero-order chi connectivity index (χ0) is 11.4. The van der Waals surface area contributed by atoms with Crippen LogP contribution < -0.4 is 10.6 Å². The molecule has 1 aliphatic carbocycles. The molecule has 0 spiro atoms. The summed E-state index contributed by atoms with van der Waals surface area (Å²) < 4.78 is 0. The van der Waals surface area contributed by atoms with Gasteiger partial charge in [-0.25, -0.2) is 0 Å². The van der Waals surface area contributed by atoms with Crippen LogP contribution in [0.2, 0.25) is 0 Å². The molecule has 92 valence electrons. The van der Waals surface area contributed by atoms with Crippen LogP contribution >= 0.6 is 0 Å². The summed E-state index contributed by atoms with van der Waals surface area (Å²) in [6.07, 6.45) is 3.88. The van der Waals surface area contributed by atoms with Crippen LogP contribution in [0.5, 0.6) is 0 Å². The van der Waals surface area contributed by atoms with Crippen molar-refractivity contribution in [2.45, 2.75) is 32.2 Å². The lowest BCUT2D eigenvalue weighted by molar-refractivity contribution is -0.123. The van der Waals surface area contributed by atoms with Crippen molar-refractivity contribution in [1.29, 1.82) is 0 Å². The molecule has 4 heteroatoms. The van der Waals surface area contributed by atoms with E-state index in [9.17, 15) is 4.79 Å². The molecule has 2 fully saturated rings. The number of hydrogen-bond donors (Lipinski definition) is 2. The second-order valence-corrected chi connectivity index (χ2v) is 5.17. The van der Waals surface area contributed by atoms with E-state index in [4.69, 9.17) is 0 Å². The number of amides is 1. The molecule has 4 nitrogen and oxygen atoms in total. The van der Waals surface area contributed by atoms with Crippen molar-refractivity contribution in [3.05, 3.63) is 0 Å². The topological polar surface area (TPSA) is 44.4 Å². The molecule has 1 heterocycles. The van der Waals surface area contributed by atoms with Crippen molar-refractivity contribution in [2.24, 2.45) is 5.92 Å². The van der Waals surface area contributed by atoms with Crippen molar-refractivity contribution in [3.8, 4) is 0 Å². The molecule has 0 aromatic rings. The predicted molar refractivity (Wildman–Crippen MR) is 64.3 cm³/mol. The first-order valence-electron chi connectivity index (χ1n) is 6.46. The third kappa shape index (κ3) is 4.10. The molecule has 0 aromatic carbocycles. The lowest BCUT2D eigenvalue weighted by Crippen LogP contribution is -2.48. The van der Waals surface area contributed by atoms with E-state index >= 15 is 0 Å². The van der Waals surface area contributed by atoms with E-state index in [1.54, 1.807) is 0 Å². The molecule has 1 saturated carbocycles. The molecule has 2 aliphatic rings. The maximum absolute atomic E-state index is 11.8. The summed E-state index contributed by atoms with van der Waals surface area (Å²) in [4.78, 5) is 14.0. The molecule has 1 atom stereocenters. The fourth-order valence-electron chi connectivity index (χ4n) is 2.31. The minimum Gasteiger partial charge on any atom is -0.353 e. The Hall–Kier alpha value is -0.610. The van der Waals surface area contributed by atoms with Gasteiger partial charge in [-0.1, -0.05) is 12.8 Å². The highest BCUT2D eigenvalue weighted by molar-refractivity contribution is 5.78. The smallest absolute Gasteiger partial charge is 0.234 e. The second kappa shape index (κ2) is 5.64. The van der Waals surface area contributed by atoms with Crippen LogP contribution in [-0.4, -0.2) is 49.6 Å². The summed E-state index contributed by atoms with van der Waals surface area (Å²) in [5.74, 6) is 1.07. The minimum absolute atomic E-state index is 0.190. The molecule has 0 bridgehead atoms. The Bertz CT molecular complexity index is 234. The SMILES string of the molecule is CC(CC1CC1)NC(=O)CN1CCNCC1. The summed E-state index contributed by atoms with van der Waals surface area (Å²) in [6.45, 7) is 6.68. The number of nitrogens with zero attached hydrogens (tertiary/aromatic N) is 1. The molecule has 16 heavy (non-hydrogen) atoms.